The minimum absolute atomic E-state index is 0.0456. The lowest BCUT2D eigenvalue weighted by molar-refractivity contribution is -0.137. The highest BCUT2D eigenvalue weighted by Crippen LogP contribution is 2.49. The van der Waals surface area contributed by atoms with Crippen LogP contribution in [-0.4, -0.2) is 41.3 Å². The Labute approximate surface area is 195 Å². The summed E-state index contributed by atoms with van der Waals surface area (Å²) in [5.74, 6) is -1.53. The van der Waals surface area contributed by atoms with Gasteiger partial charge in [0.05, 0.1) is 5.56 Å². The highest BCUT2D eigenvalue weighted by molar-refractivity contribution is 6.33. The Kier molecular flexibility index (Phi) is 5.82. The van der Waals surface area contributed by atoms with E-state index in [2.05, 4.69) is 0 Å². The summed E-state index contributed by atoms with van der Waals surface area (Å²) < 4.78 is 46.0. The molecule has 1 heterocycles. The zero-order chi connectivity index (χ0) is 24.9. The van der Waals surface area contributed by atoms with E-state index in [4.69, 9.17) is 4.74 Å². The van der Waals surface area contributed by atoms with Crippen LogP contribution < -0.4 is 0 Å². The fourth-order valence-electron chi connectivity index (χ4n) is 5.04. The number of hydrogen-bond acceptors (Lipinski definition) is 4. The van der Waals surface area contributed by atoms with Crippen molar-refractivity contribution < 1.29 is 32.3 Å². The number of benzene rings is 2. The predicted molar refractivity (Wildman–Crippen MR) is 119 cm³/mol. The minimum atomic E-state index is -4.62. The summed E-state index contributed by atoms with van der Waals surface area (Å²) in [6, 6.07) is 10.9. The number of carbonyl (C=O) groups excluding carboxylic acids is 3. The molecule has 2 aromatic rings. The van der Waals surface area contributed by atoms with Crippen LogP contribution in [0.1, 0.15) is 65.5 Å². The summed E-state index contributed by atoms with van der Waals surface area (Å²) in [6.45, 7) is 5.74. The quantitative estimate of drug-likeness (QED) is 0.528. The number of piperidine rings is 1. The molecular formula is C26H26F3NO4. The number of amides is 1. The standard InChI is InChI=1S/C26H26F3NO4/c1-24(2,3)34-23(33)30-13-11-16(12-14-30)25(17-7-6-8-18(15-17)26(27,28)29)21(31)19-9-4-5-10-20(19)22(25)32/h4-10,15-16H,11-14H2,1-3H3. The van der Waals surface area contributed by atoms with Crippen molar-refractivity contribution in [1.82, 2.24) is 4.90 Å². The summed E-state index contributed by atoms with van der Waals surface area (Å²) in [6.07, 6.45) is -4.55. The van der Waals surface area contributed by atoms with E-state index in [9.17, 15) is 27.6 Å². The van der Waals surface area contributed by atoms with Gasteiger partial charge in [0, 0.05) is 24.2 Å². The Balaban J connectivity index is 1.74. The van der Waals surface area contributed by atoms with Crippen LogP contribution in [0.2, 0.25) is 0 Å². The first kappa shape index (κ1) is 24.0. The first-order valence-corrected chi connectivity index (χ1v) is 11.2. The molecule has 0 radical (unpaired) electrons. The smallest absolute Gasteiger partial charge is 0.416 e. The lowest BCUT2D eigenvalue weighted by atomic mass is 9.63. The third-order valence-corrected chi connectivity index (χ3v) is 6.54. The molecule has 4 rings (SSSR count). The number of Topliss-reactive ketones (excluding diaryl/α,β-unsaturated/α-hetero) is 2. The highest BCUT2D eigenvalue weighted by atomic mass is 19.4. The molecule has 0 bridgehead atoms. The van der Waals surface area contributed by atoms with Crippen LogP contribution in [0.4, 0.5) is 18.0 Å². The maximum Gasteiger partial charge on any atom is 0.416 e. The van der Waals surface area contributed by atoms with E-state index in [-0.39, 0.29) is 42.6 Å². The third kappa shape index (κ3) is 3.99. The van der Waals surface area contributed by atoms with Crippen molar-refractivity contribution in [3.8, 4) is 0 Å². The molecule has 34 heavy (non-hydrogen) atoms. The monoisotopic (exact) mass is 473 g/mol. The predicted octanol–water partition coefficient (Wildman–Crippen LogP) is 5.67. The van der Waals surface area contributed by atoms with Gasteiger partial charge in [0.15, 0.2) is 11.6 Å². The van der Waals surface area contributed by atoms with Gasteiger partial charge in [-0.3, -0.25) is 9.59 Å². The Hall–Kier alpha value is -3.16. The Morgan fingerprint density at radius 2 is 1.50 bits per heavy atom. The van der Waals surface area contributed by atoms with Gasteiger partial charge in [-0.1, -0.05) is 42.5 Å². The molecule has 0 atom stereocenters. The molecule has 1 aliphatic carbocycles. The summed E-state index contributed by atoms with van der Waals surface area (Å²) in [4.78, 5) is 41.6. The van der Waals surface area contributed by atoms with Gasteiger partial charge >= 0.3 is 12.3 Å². The highest BCUT2D eigenvalue weighted by Gasteiger charge is 2.59. The van der Waals surface area contributed by atoms with Gasteiger partial charge in [-0.15, -0.1) is 0 Å². The molecule has 2 aliphatic rings. The average Bonchev–Trinajstić information content (AvgIpc) is 3.00. The molecule has 0 aromatic heterocycles. The van der Waals surface area contributed by atoms with Crippen LogP contribution >= 0.6 is 0 Å². The van der Waals surface area contributed by atoms with Gasteiger partial charge in [0.2, 0.25) is 0 Å². The van der Waals surface area contributed by atoms with Gasteiger partial charge in [-0.25, -0.2) is 4.79 Å². The van der Waals surface area contributed by atoms with Crippen molar-refractivity contribution in [2.75, 3.05) is 13.1 Å². The van der Waals surface area contributed by atoms with Gasteiger partial charge in [0.1, 0.15) is 11.0 Å². The molecule has 0 saturated carbocycles. The lowest BCUT2D eigenvalue weighted by Gasteiger charge is -2.41. The van der Waals surface area contributed by atoms with Crippen LogP contribution in [0.5, 0.6) is 0 Å². The molecule has 0 spiro atoms. The number of rotatable bonds is 2. The summed E-state index contributed by atoms with van der Waals surface area (Å²) in [5.41, 5.74) is -2.85. The Morgan fingerprint density at radius 3 is 2.00 bits per heavy atom. The van der Waals surface area contributed by atoms with Crippen LogP contribution in [-0.2, 0) is 16.3 Å². The van der Waals surface area contributed by atoms with Crippen LogP contribution in [0.25, 0.3) is 0 Å². The maximum absolute atomic E-state index is 13.8. The molecule has 5 nitrogen and oxygen atoms in total. The molecule has 1 fully saturated rings. The maximum atomic E-state index is 13.8. The van der Waals surface area contributed by atoms with Crippen molar-refractivity contribution in [3.05, 3.63) is 70.8 Å². The lowest BCUT2D eigenvalue weighted by Crippen LogP contribution is -2.51. The van der Waals surface area contributed by atoms with E-state index in [1.807, 2.05) is 0 Å². The van der Waals surface area contributed by atoms with Crippen molar-refractivity contribution in [1.29, 1.82) is 0 Å². The van der Waals surface area contributed by atoms with Crippen molar-refractivity contribution in [3.63, 3.8) is 0 Å². The molecule has 2 aromatic carbocycles. The number of ketones is 2. The number of nitrogens with zero attached hydrogens (tertiary/aromatic N) is 1. The average molecular weight is 473 g/mol. The largest absolute Gasteiger partial charge is 0.444 e. The summed E-state index contributed by atoms with van der Waals surface area (Å²) in [5, 5.41) is 0. The second-order valence-corrected chi connectivity index (χ2v) is 9.83. The van der Waals surface area contributed by atoms with Crippen molar-refractivity contribution >= 4 is 17.7 Å². The first-order chi connectivity index (χ1) is 15.9. The fourth-order valence-corrected chi connectivity index (χ4v) is 5.04. The van der Waals surface area contributed by atoms with E-state index in [0.717, 1.165) is 12.1 Å². The summed E-state index contributed by atoms with van der Waals surface area (Å²) >= 11 is 0. The molecular weight excluding hydrogens is 447 g/mol. The van der Waals surface area contributed by atoms with Gasteiger partial charge in [0.25, 0.3) is 0 Å². The molecule has 180 valence electrons. The Morgan fingerprint density at radius 1 is 0.941 bits per heavy atom. The van der Waals surface area contributed by atoms with Crippen LogP contribution in [0.15, 0.2) is 48.5 Å². The topological polar surface area (TPSA) is 63.7 Å². The number of halogens is 3. The first-order valence-electron chi connectivity index (χ1n) is 11.2. The molecule has 1 amide bonds. The second kappa shape index (κ2) is 8.25. The second-order valence-electron chi connectivity index (χ2n) is 9.83. The molecule has 0 unspecified atom stereocenters. The Bertz CT molecular complexity index is 1110. The number of ether oxygens (including phenoxy) is 1. The molecule has 8 heteroatoms. The van der Waals surface area contributed by atoms with Gasteiger partial charge in [-0.05, 0) is 51.2 Å². The zero-order valence-electron chi connectivity index (χ0n) is 19.2. The van der Waals surface area contributed by atoms with E-state index < -0.39 is 46.3 Å². The normalized spacial score (nSPS) is 18.7. The van der Waals surface area contributed by atoms with E-state index >= 15 is 0 Å². The molecule has 0 N–H and O–H groups in total. The number of carbonyl (C=O) groups is 3. The van der Waals surface area contributed by atoms with E-state index in [1.54, 1.807) is 45.0 Å². The SMILES string of the molecule is CC(C)(C)OC(=O)N1CCC(C2(c3cccc(C(F)(F)F)c3)C(=O)c3ccccc3C2=O)CC1. The minimum Gasteiger partial charge on any atom is -0.444 e. The summed E-state index contributed by atoms with van der Waals surface area (Å²) in [7, 11) is 0. The number of likely N-dealkylation sites (tertiary alicyclic amines) is 1. The van der Waals surface area contributed by atoms with Crippen molar-refractivity contribution in [2.24, 2.45) is 5.92 Å². The fraction of sp³-hybridized carbons (Fsp3) is 0.423. The van der Waals surface area contributed by atoms with Gasteiger partial charge < -0.3 is 9.64 Å². The third-order valence-electron chi connectivity index (χ3n) is 6.54. The van der Waals surface area contributed by atoms with Crippen molar-refractivity contribution in [2.45, 2.75) is 50.8 Å². The number of alkyl halides is 3. The number of fused-ring (bicyclic) bond motifs is 1. The van der Waals surface area contributed by atoms with Gasteiger partial charge in [-0.2, -0.15) is 13.2 Å². The number of hydrogen-bond donors (Lipinski definition) is 0. The van der Waals surface area contributed by atoms with E-state index in [0.29, 0.717) is 0 Å². The zero-order valence-corrected chi connectivity index (χ0v) is 19.2. The molecule has 1 aliphatic heterocycles. The molecule has 1 saturated heterocycles. The van der Waals surface area contributed by atoms with E-state index in [1.165, 1.54) is 17.0 Å². The van der Waals surface area contributed by atoms with Crippen LogP contribution in [0, 0.1) is 5.92 Å². The van der Waals surface area contributed by atoms with Crippen LogP contribution in [0.3, 0.4) is 0 Å².